The monoisotopic (exact) mass is 290 g/mol. The highest BCUT2D eigenvalue weighted by Gasteiger charge is 2.11. The van der Waals surface area contributed by atoms with Gasteiger partial charge in [0.15, 0.2) is 5.78 Å². The minimum absolute atomic E-state index is 0.165. The molecule has 0 amide bonds. The molecule has 0 aliphatic rings. The molecule has 3 aromatic rings. The van der Waals surface area contributed by atoms with Gasteiger partial charge >= 0.3 is 0 Å². The van der Waals surface area contributed by atoms with Crippen LogP contribution in [0.4, 0.5) is 4.39 Å². The van der Waals surface area contributed by atoms with Gasteiger partial charge in [-0.1, -0.05) is 54.6 Å². The van der Waals surface area contributed by atoms with Gasteiger partial charge in [-0.05, 0) is 41.8 Å². The number of benzene rings is 3. The van der Waals surface area contributed by atoms with Crippen molar-refractivity contribution >= 4 is 5.78 Å². The number of carbonyl (C=O) groups is 1. The van der Waals surface area contributed by atoms with E-state index >= 15 is 0 Å². The zero-order chi connectivity index (χ0) is 15.5. The summed E-state index contributed by atoms with van der Waals surface area (Å²) in [6.07, 6.45) is 0. The van der Waals surface area contributed by atoms with Crippen molar-refractivity contribution in [1.82, 2.24) is 0 Å². The fourth-order valence-electron chi connectivity index (χ4n) is 2.48. The third-order valence-corrected chi connectivity index (χ3v) is 3.56. The number of hydrogen-bond donors (Lipinski definition) is 0. The number of ketones is 1. The first-order valence-electron chi connectivity index (χ1n) is 7.11. The van der Waals surface area contributed by atoms with Gasteiger partial charge in [0.05, 0.1) is 0 Å². The number of rotatable bonds is 3. The number of hydrogen-bond acceptors (Lipinski definition) is 1. The lowest BCUT2D eigenvalue weighted by molar-refractivity contribution is 0.103. The zero-order valence-electron chi connectivity index (χ0n) is 12.2. The molecule has 0 bridgehead atoms. The molecule has 0 atom stereocenters. The molecule has 3 aromatic carbocycles. The molecule has 0 aliphatic carbocycles. The quantitative estimate of drug-likeness (QED) is 0.618. The van der Waals surface area contributed by atoms with E-state index in [9.17, 15) is 9.18 Å². The van der Waals surface area contributed by atoms with E-state index in [0.29, 0.717) is 11.1 Å². The lowest BCUT2D eigenvalue weighted by Crippen LogP contribution is -2.02. The fraction of sp³-hybridized carbons (Fsp3) is 0.0500. The van der Waals surface area contributed by atoms with Crippen LogP contribution in [0.2, 0.25) is 0 Å². The number of halogens is 1. The summed E-state index contributed by atoms with van der Waals surface area (Å²) in [6, 6.07) is 21.7. The molecule has 0 aliphatic heterocycles. The van der Waals surface area contributed by atoms with Gasteiger partial charge in [0.2, 0.25) is 0 Å². The molecule has 2 heteroatoms. The molecule has 0 N–H and O–H groups in total. The second-order valence-electron chi connectivity index (χ2n) is 5.29. The van der Waals surface area contributed by atoms with Crippen LogP contribution in [0.25, 0.3) is 11.1 Å². The summed E-state index contributed by atoms with van der Waals surface area (Å²) in [4.78, 5) is 12.4. The molecule has 0 saturated carbocycles. The molecule has 0 spiro atoms. The molecule has 0 aromatic heterocycles. The van der Waals surface area contributed by atoms with Crippen molar-refractivity contribution < 1.29 is 9.18 Å². The first kappa shape index (κ1) is 14.2. The third-order valence-electron chi connectivity index (χ3n) is 3.56. The molecule has 0 unspecified atom stereocenters. The lowest BCUT2D eigenvalue weighted by Gasteiger charge is -2.05. The molecule has 3 rings (SSSR count). The van der Waals surface area contributed by atoms with Gasteiger partial charge in [0.25, 0.3) is 0 Å². The Morgan fingerprint density at radius 2 is 1.41 bits per heavy atom. The van der Waals surface area contributed by atoms with E-state index in [1.807, 2.05) is 42.5 Å². The maximum Gasteiger partial charge on any atom is 0.193 e. The van der Waals surface area contributed by atoms with Crippen LogP contribution in [0.3, 0.4) is 0 Å². The van der Waals surface area contributed by atoms with Crippen molar-refractivity contribution in [3.8, 4) is 11.1 Å². The average molecular weight is 290 g/mol. The van der Waals surface area contributed by atoms with Crippen LogP contribution in [0, 0.1) is 12.7 Å². The van der Waals surface area contributed by atoms with E-state index in [1.165, 1.54) is 12.1 Å². The van der Waals surface area contributed by atoms with E-state index in [-0.39, 0.29) is 11.6 Å². The van der Waals surface area contributed by atoms with Crippen LogP contribution < -0.4 is 0 Å². The maximum atomic E-state index is 13.4. The number of carbonyl (C=O) groups excluding carboxylic acids is 1. The molecule has 0 saturated heterocycles. The zero-order valence-corrected chi connectivity index (χ0v) is 12.2. The first-order chi connectivity index (χ1) is 10.6. The van der Waals surface area contributed by atoms with Crippen LogP contribution >= 0.6 is 0 Å². The first-order valence-corrected chi connectivity index (χ1v) is 7.11. The van der Waals surface area contributed by atoms with E-state index < -0.39 is 0 Å². The van der Waals surface area contributed by atoms with E-state index in [4.69, 9.17) is 0 Å². The highest BCUT2D eigenvalue weighted by Crippen LogP contribution is 2.21. The molecule has 22 heavy (non-hydrogen) atoms. The normalized spacial score (nSPS) is 10.5. The minimum atomic E-state index is -0.385. The summed E-state index contributed by atoms with van der Waals surface area (Å²) < 4.78 is 13.4. The van der Waals surface area contributed by atoms with E-state index in [2.05, 4.69) is 0 Å². The van der Waals surface area contributed by atoms with Gasteiger partial charge in [-0.3, -0.25) is 4.79 Å². The summed E-state index contributed by atoms with van der Waals surface area (Å²) in [5, 5.41) is 0. The van der Waals surface area contributed by atoms with Crippen LogP contribution in [0.1, 0.15) is 21.5 Å². The Kier molecular flexibility index (Phi) is 3.84. The summed E-state index contributed by atoms with van der Waals surface area (Å²) in [6.45, 7) is 1.78. The van der Waals surface area contributed by atoms with Crippen LogP contribution in [0.5, 0.6) is 0 Å². The molecule has 0 radical (unpaired) electrons. The summed E-state index contributed by atoms with van der Waals surface area (Å²) in [5.41, 5.74) is 3.83. The van der Waals surface area contributed by atoms with Crippen LogP contribution in [0.15, 0.2) is 72.8 Å². The molecule has 0 heterocycles. The van der Waals surface area contributed by atoms with Crippen LogP contribution in [-0.4, -0.2) is 5.78 Å². The Bertz CT molecular complexity index is 785. The highest BCUT2D eigenvalue weighted by molar-refractivity contribution is 6.09. The van der Waals surface area contributed by atoms with Gasteiger partial charge < -0.3 is 0 Å². The maximum absolute atomic E-state index is 13.4. The topological polar surface area (TPSA) is 17.1 Å². The molecular formula is C20H15FO. The minimum Gasteiger partial charge on any atom is -0.289 e. The Morgan fingerprint density at radius 1 is 0.773 bits per heavy atom. The van der Waals surface area contributed by atoms with Crippen molar-refractivity contribution in [1.29, 1.82) is 0 Å². The van der Waals surface area contributed by atoms with Crippen molar-refractivity contribution in [2.75, 3.05) is 0 Å². The molecular weight excluding hydrogens is 275 g/mol. The Labute approximate surface area is 129 Å². The standard InChI is InChI=1S/C20H15FO/c1-14-11-18(13-19(21)12-14)20(22)17-9-7-16(8-10-17)15-5-3-2-4-6-15/h2-13H,1H3. The van der Waals surface area contributed by atoms with Crippen molar-refractivity contribution in [3.05, 3.63) is 95.3 Å². The van der Waals surface area contributed by atoms with E-state index in [0.717, 1.165) is 16.7 Å². The second kappa shape index (κ2) is 5.94. The van der Waals surface area contributed by atoms with E-state index in [1.54, 1.807) is 25.1 Å². The van der Waals surface area contributed by atoms with Gasteiger partial charge in [-0.15, -0.1) is 0 Å². The van der Waals surface area contributed by atoms with Crippen LogP contribution in [-0.2, 0) is 0 Å². The molecule has 0 fully saturated rings. The average Bonchev–Trinajstić information content (AvgIpc) is 2.54. The smallest absolute Gasteiger partial charge is 0.193 e. The lowest BCUT2D eigenvalue weighted by atomic mass is 9.98. The summed E-state index contributed by atoms with van der Waals surface area (Å²) >= 11 is 0. The van der Waals surface area contributed by atoms with Crippen molar-refractivity contribution in [3.63, 3.8) is 0 Å². The summed E-state index contributed by atoms with van der Waals surface area (Å²) in [5.74, 6) is -0.550. The number of aryl methyl sites for hydroxylation is 1. The SMILES string of the molecule is Cc1cc(F)cc(C(=O)c2ccc(-c3ccccc3)cc2)c1. The summed E-state index contributed by atoms with van der Waals surface area (Å²) in [7, 11) is 0. The molecule has 1 nitrogen and oxygen atoms in total. The van der Waals surface area contributed by atoms with Gasteiger partial charge in [0.1, 0.15) is 5.82 Å². The van der Waals surface area contributed by atoms with Gasteiger partial charge in [0, 0.05) is 11.1 Å². The predicted molar refractivity (Wildman–Crippen MR) is 86.4 cm³/mol. The predicted octanol–water partition coefficient (Wildman–Crippen LogP) is 5.03. The van der Waals surface area contributed by atoms with Crippen molar-refractivity contribution in [2.24, 2.45) is 0 Å². The van der Waals surface area contributed by atoms with Crippen molar-refractivity contribution in [2.45, 2.75) is 6.92 Å². The largest absolute Gasteiger partial charge is 0.289 e. The Hall–Kier alpha value is -2.74. The van der Waals surface area contributed by atoms with Gasteiger partial charge in [-0.2, -0.15) is 0 Å². The Balaban J connectivity index is 1.91. The molecule has 108 valence electrons. The third kappa shape index (κ3) is 2.96. The van der Waals surface area contributed by atoms with Gasteiger partial charge in [-0.25, -0.2) is 4.39 Å². The second-order valence-corrected chi connectivity index (χ2v) is 5.29. The fourth-order valence-corrected chi connectivity index (χ4v) is 2.48. The Morgan fingerprint density at radius 3 is 2.05 bits per heavy atom. The highest BCUT2D eigenvalue weighted by atomic mass is 19.1.